The molecule has 5 heteroatoms. The highest BCUT2D eigenvalue weighted by Crippen LogP contribution is 2.33. The summed E-state index contributed by atoms with van der Waals surface area (Å²) in [5, 5.41) is 0. The minimum absolute atomic E-state index is 0.176. The van der Waals surface area contributed by atoms with Crippen LogP contribution >= 0.6 is 0 Å². The van der Waals surface area contributed by atoms with Gasteiger partial charge in [0.05, 0.1) is 0 Å². The summed E-state index contributed by atoms with van der Waals surface area (Å²) < 4.78 is 21.4. The molecule has 0 N–H and O–H groups in total. The number of fused-ring (bicyclic) bond motifs is 1. The Hall–Kier alpha value is -0.650. The quantitative estimate of drug-likeness (QED) is 0.524. The van der Waals surface area contributed by atoms with E-state index in [9.17, 15) is 4.79 Å². The minimum atomic E-state index is -0.712. The third-order valence-corrected chi connectivity index (χ3v) is 3.09. The molecule has 17 heavy (non-hydrogen) atoms. The number of esters is 1. The Labute approximate surface area is 101 Å². The first-order valence-electron chi connectivity index (χ1n) is 6.39. The van der Waals surface area contributed by atoms with E-state index in [4.69, 9.17) is 18.9 Å². The maximum atomic E-state index is 11.6. The molecule has 0 aromatic heterocycles. The van der Waals surface area contributed by atoms with Gasteiger partial charge in [-0.1, -0.05) is 19.8 Å². The number of cyclic esters (lactones) is 1. The van der Waals surface area contributed by atoms with Gasteiger partial charge < -0.3 is 18.9 Å². The van der Waals surface area contributed by atoms with Crippen molar-refractivity contribution in [3.8, 4) is 0 Å². The Kier molecular flexibility index (Phi) is 4.36. The van der Waals surface area contributed by atoms with Crippen molar-refractivity contribution in [2.45, 2.75) is 64.3 Å². The van der Waals surface area contributed by atoms with E-state index in [0.717, 1.165) is 25.7 Å². The molecule has 0 saturated carbocycles. The second-order valence-electron chi connectivity index (χ2n) is 4.37. The Morgan fingerprint density at radius 1 is 1.24 bits per heavy atom. The molecule has 2 aliphatic rings. The second kappa shape index (κ2) is 5.80. The molecule has 0 aliphatic carbocycles. The molecule has 0 aromatic rings. The summed E-state index contributed by atoms with van der Waals surface area (Å²) in [4.78, 5) is 11.6. The van der Waals surface area contributed by atoms with Crippen molar-refractivity contribution in [2.75, 3.05) is 6.61 Å². The number of carbonyl (C=O) groups excluding carboxylic acids is 1. The largest absolute Gasteiger partial charge is 0.457 e. The lowest BCUT2D eigenvalue weighted by Gasteiger charge is -2.16. The Morgan fingerprint density at radius 3 is 2.76 bits per heavy atom. The van der Waals surface area contributed by atoms with Crippen LogP contribution in [-0.2, 0) is 23.7 Å². The van der Waals surface area contributed by atoms with E-state index in [-0.39, 0.29) is 18.2 Å². The molecule has 5 nitrogen and oxygen atoms in total. The molecule has 2 saturated heterocycles. The third-order valence-electron chi connectivity index (χ3n) is 3.09. The Balaban J connectivity index is 1.86. The molecule has 2 heterocycles. The molecule has 4 atom stereocenters. The summed E-state index contributed by atoms with van der Waals surface area (Å²) in [6.45, 7) is 3.79. The lowest BCUT2D eigenvalue weighted by Crippen LogP contribution is -2.28. The lowest BCUT2D eigenvalue weighted by atomic mass is 10.0. The first kappa shape index (κ1) is 12.8. The van der Waals surface area contributed by atoms with Gasteiger partial charge >= 0.3 is 5.97 Å². The number of hydrogen-bond acceptors (Lipinski definition) is 5. The van der Waals surface area contributed by atoms with Crippen LogP contribution in [0.2, 0.25) is 0 Å². The van der Waals surface area contributed by atoms with Crippen molar-refractivity contribution in [2.24, 2.45) is 0 Å². The van der Waals surface area contributed by atoms with E-state index in [0.29, 0.717) is 6.61 Å². The zero-order valence-electron chi connectivity index (χ0n) is 10.4. The van der Waals surface area contributed by atoms with Crippen LogP contribution in [-0.4, -0.2) is 37.4 Å². The van der Waals surface area contributed by atoms with Crippen molar-refractivity contribution in [3.05, 3.63) is 0 Å². The van der Waals surface area contributed by atoms with Crippen LogP contribution in [0.25, 0.3) is 0 Å². The zero-order valence-corrected chi connectivity index (χ0v) is 10.4. The highest BCUT2D eigenvalue weighted by Gasteiger charge is 2.53. The first-order valence-corrected chi connectivity index (χ1v) is 6.39. The van der Waals surface area contributed by atoms with E-state index in [1.54, 1.807) is 0 Å². The van der Waals surface area contributed by atoms with E-state index in [2.05, 4.69) is 6.92 Å². The van der Waals surface area contributed by atoms with Gasteiger partial charge in [0.1, 0.15) is 12.2 Å². The molecular formula is C12H20O5. The van der Waals surface area contributed by atoms with E-state index < -0.39 is 12.6 Å². The Morgan fingerprint density at radius 2 is 2.06 bits per heavy atom. The summed E-state index contributed by atoms with van der Waals surface area (Å²) >= 11 is 0. The number of rotatable bonds is 6. The summed E-state index contributed by atoms with van der Waals surface area (Å²) in [6.07, 6.45) is 3.09. The van der Waals surface area contributed by atoms with E-state index in [1.165, 1.54) is 0 Å². The Bertz CT molecular complexity index is 268. The fourth-order valence-electron chi connectivity index (χ4n) is 2.22. The van der Waals surface area contributed by atoms with Crippen molar-refractivity contribution in [1.82, 2.24) is 0 Å². The highest BCUT2D eigenvalue weighted by atomic mass is 16.9. The number of hydrogen-bond donors (Lipinski definition) is 0. The van der Waals surface area contributed by atoms with Gasteiger partial charge in [-0.3, -0.25) is 0 Å². The van der Waals surface area contributed by atoms with Gasteiger partial charge in [-0.05, 0) is 19.8 Å². The molecule has 2 aliphatic heterocycles. The molecular weight excluding hydrogens is 224 g/mol. The first-order chi connectivity index (χ1) is 8.26. The average Bonchev–Trinajstić information content (AvgIpc) is 2.82. The minimum Gasteiger partial charge on any atom is -0.457 e. The summed E-state index contributed by atoms with van der Waals surface area (Å²) in [5.41, 5.74) is 0. The van der Waals surface area contributed by atoms with Gasteiger partial charge in [-0.2, -0.15) is 0 Å². The van der Waals surface area contributed by atoms with Crippen LogP contribution < -0.4 is 0 Å². The van der Waals surface area contributed by atoms with E-state index in [1.807, 2.05) is 6.92 Å². The molecule has 2 rings (SSSR count). The maximum Gasteiger partial charge on any atom is 0.338 e. The van der Waals surface area contributed by atoms with Crippen LogP contribution in [0.4, 0.5) is 0 Å². The number of carbonyl (C=O) groups is 1. The predicted molar refractivity (Wildman–Crippen MR) is 59.2 cm³/mol. The zero-order chi connectivity index (χ0) is 12.3. The average molecular weight is 244 g/mol. The molecule has 0 unspecified atom stereocenters. The molecule has 2 fully saturated rings. The van der Waals surface area contributed by atoms with Gasteiger partial charge in [-0.15, -0.1) is 0 Å². The van der Waals surface area contributed by atoms with E-state index >= 15 is 0 Å². The standard InChI is InChI=1S/C12H20O5/c1-3-5-6-7-8-9-10(11(13)15-8)17-12(16-9)14-4-2/h8-10,12H,3-7H2,1-2H3/t8-,9-,10-,12+/m1/s1. The van der Waals surface area contributed by atoms with Crippen LogP contribution in [0, 0.1) is 0 Å². The maximum absolute atomic E-state index is 11.6. The second-order valence-corrected chi connectivity index (χ2v) is 4.37. The molecule has 98 valence electrons. The van der Waals surface area contributed by atoms with Crippen molar-refractivity contribution in [1.29, 1.82) is 0 Å². The topological polar surface area (TPSA) is 54.0 Å². The summed E-state index contributed by atoms with van der Waals surface area (Å²) in [5.74, 6) is -0.321. The predicted octanol–water partition coefficient (Wildman–Crippen LogP) is 1.60. The van der Waals surface area contributed by atoms with Gasteiger partial charge in [0.2, 0.25) is 0 Å². The van der Waals surface area contributed by atoms with Crippen LogP contribution in [0.3, 0.4) is 0 Å². The fourth-order valence-corrected chi connectivity index (χ4v) is 2.22. The van der Waals surface area contributed by atoms with Crippen LogP contribution in [0.5, 0.6) is 0 Å². The molecule has 0 radical (unpaired) electrons. The lowest BCUT2D eigenvalue weighted by molar-refractivity contribution is -0.252. The third kappa shape index (κ3) is 2.78. The van der Waals surface area contributed by atoms with Crippen molar-refractivity contribution < 1.29 is 23.7 Å². The molecule has 0 aromatic carbocycles. The van der Waals surface area contributed by atoms with Crippen LogP contribution in [0.15, 0.2) is 0 Å². The summed E-state index contributed by atoms with van der Waals surface area (Å²) in [6, 6.07) is 0. The highest BCUT2D eigenvalue weighted by molar-refractivity contribution is 5.78. The summed E-state index contributed by atoms with van der Waals surface area (Å²) in [7, 11) is 0. The van der Waals surface area contributed by atoms with Crippen molar-refractivity contribution in [3.63, 3.8) is 0 Å². The normalized spacial score (nSPS) is 36.0. The number of unbranched alkanes of at least 4 members (excludes halogenated alkanes) is 2. The monoisotopic (exact) mass is 244 g/mol. The number of ether oxygens (including phenoxy) is 4. The molecule has 0 amide bonds. The van der Waals surface area contributed by atoms with Crippen molar-refractivity contribution >= 4 is 5.97 Å². The fraction of sp³-hybridized carbons (Fsp3) is 0.917. The molecule has 0 bridgehead atoms. The smallest absolute Gasteiger partial charge is 0.338 e. The van der Waals surface area contributed by atoms with Gasteiger partial charge in [0.25, 0.3) is 6.48 Å². The molecule has 0 spiro atoms. The van der Waals surface area contributed by atoms with Gasteiger partial charge in [0.15, 0.2) is 6.10 Å². The van der Waals surface area contributed by atoms with Gasteiger partial charge in [-0.25, -0.2) is 4.79 Å². The van der Waals surface area contributed by atoms with Crippen LogP contribution in [0.1, 0.15) is 39.5 Å². The van der Waals surface area contributed by atoms with Gasteiger partial charge in [0, 0.05) is 6.61 Å². The SMILES string of the molecule is CCCCC[C@H]1OC(=O)[C@@H]2O[C@@H](OCC)O[C@H]12.